The number of nitrogens with zero attached hydrogens (tertiary/aromatic N) is 4. The fourth-order valence-corrected chi connectivity index (χ4v) is 2.12. The van der Waals surface area contributed by atoms with Crippen LogP contribution in [0, 0.1) is 22.7 Å². The molecule has 20 heavy (non-hydrogen) atoms. The monoisotopic (exact) mass is 267 g/mol. The molecule has 0 spiro atoms. The van der Waals surface area contributed by atoms with E-state index in [1.165, 1.54) is 6.33 Å². The maximum atomic E-state index is 9.20. The molecule has 6 nitrogen and oxygen atoms in total. The molecule has 1 heterocycles. The lowest BCUT2D eigenvalue weighted by Gasteiger charge is -2.20. The number of nitrogens with two attached hydrogens (primary N) is 1. The van der Waals surface area contributed by atoms with Crippen molar-refractivity contribution < 1.29 is 4.74 Å². The average Bonchev–Trinajstić information content (AvgIpc) is 2.91. The summed E-state index contributed by atoms with van der Waals surface area (Å²) in [6.45, 7) is 0.260. The van der Waals surface area contributed by atoms with Crippen LogP contribution >= 0.6 is 0 Å². The van der Waals surface area contributed by atoms with E-state index < -0.39 is 0 Å². The van der Waals surface area contributed by atoms with Crippen molar-refractivity contribution in [3.63, 3.8) is 0 Å². The van der Waals surface area contributed by atoms with Crippen LogP contribution in [-0.4, -0.2) is 23.2 Å². The third-order valence-electron chi connectivity index (χ3n) is 3.06. The molecule has 0 bridgehead atoms. The van der Waals surface area contributed by atoms with Gasteiger partial charge in [-0.2, -0.15) is 10.5 Å². The van der Waals surface area contributed by atoms with Crippen molar-refractivity contribution in [3.8, 4) is 17.9 Å². The Kier molecular flexibility index (Phi) is 3.99. The smallest absolute Gasteiger partial charge is 0.176 e. The normalized spacial score (nSPS) is 11.4. The van der Waals surface area contributed by atoms with Gasteiger partial charge in [-0.3, -0.25) is 0 Å². The summed E-state index contributed by atoms with van der Waals surface area (Å²) >= 11 is 0. The minimum Gasteiger partial charge on any atom is -0.496 e. The molecule has 1 atom stereocenters. The van der Waals surface area contributed by atoms with E-state index in [9.17, 15) is 5.26 Å². The van der Waals surface area contributed by atoms with E-state index in [1.807, 2.05) is 36.4 Å². The topological polar surface area (TPSA) is 101 Å². The van der Waals surface area contributed by atoms with Gasteiger partial charge in [0.25, 0.3) is 0 Å². The second-order valence-corrected chi connectivity index (χ2v) is 4.07. The van der Waals surface area contributed by atoms with Gasteiger partial charge in [-0.15, -0.1) is 0 Å². The number of aromatic nitrogens is 2. The van der Waals surface area contributed by atoms with E-state index in [2.05, 4.69) is 4.98 Å². The number of ether oxygens (including phenoxy) is 1. The number of hydrogen-bond donors (Lipinski definition) is 1. The third-order valence-corrected chi connectivity index (χ3v) is 3.06. The molecule has 0 saturated carbocycles. The molecule has 0 saturated heterocycles. The highest BCUT2D eigenvalue weighted by Crippen LogP contribution is 2.28. The van der Waals surface area contributed by atoms with Crippen LogP contribution in [-0.2, 0) is 0 Å². The Labute approximate surface area is 116 Å². The summed E-state index contributed by atoms with van der Waals surface area (Å²) in [4.78, 5) is 3.94. The summed E-state index contributed by atoms with van der Waals surface area (Å²) in [7, 11) is 1.58. The predicted octanol–water partition coefficient (Wildman–Crippen LogP) is 1.18. The Balaban J connectivity index is 2.57. The molecular formula is C14H13N5O. The van der Waals surface area contributed by atoms with Crippen molar-refractivity contribution in [1.82, 2.24) is 9.55 Å². The molecule has 0 aliphatic rings. The van der Waals surface area contributed by atoms with Gasteiger partial charge in [0, 0.05) is 12.1 Å². The van der Waals surface area contributed by atoms with Crippen molar-refractivity contribution in [2.24, 2.45) is 5.73 Å². The van der Waals surface area contributed by atoms with Crippen LogP contribution in [0.4, 0.5) is 0 Å². The SMILES string of the molecule is COc1ccccc1C(CN)n1cnc(C#N)c1C#N. The van der Waals surface area contributed by atoms with Crippen LogP contribution in [0.5, 0.6) is 5.75 Å². The molecule has 100 valence electrons. The number of rotatable bonds is 4. The fraction of sp³-hybridized carbons (Fsp3) is 0.214. The highest BCUT2D eigenvalue weighted by Gasteiger charge is 2.21. The first-order chi connectivity index (χ1) is 9.76. The molecule has 2 rings (SSSR count). The van der Waals surface area contributed by atoms with Crippen LogP contribution in [0.15, 0.2) is 30.6 Å². The standard InChI is InChI=1S/C14H13N5O/c1-20-14-5-3-2-4-10(14)12(7-16)19-9-18-11(6-15)13(19)8-17/h2-5,9,12H,7,16H2,1H3. The molecular weight excluding hydrogens is 254 g/mol. The van der Waals surface area contributed by atoms with Gasteiger partial charge >= 0.3 is 0 Å². The van der Waals surface area contributed by atoms with Gasteiger partial charge in [-0.1, -0.05) is 18.2 Å². The molecule has 0 fully saturated rings. The van der Waals surface area contributed by atoms with Gasteiger partial charge in [-0.05, 0) is 6.07 Å². The molecule has 0 aliphatic heterocycles. The Hall–Kier alpha value is -2.83. The maximum absolute atomic E-state index is 9.20. The summed E-state index contributed by atoms with van der Waals surface area (Å²) in [5, 5.41) is 18.2. The fourth-order valence-electron chi connectivity index (χ4n) is 2.12. The number of imidazole rings is 1. The van der Waals surface area contributed by atoms with E-state index >= 15 is 0 Å². The maximum Gasteiger partial charge on any atom is 0.176 e. The van der Waals surface area contributed by atoms with Gasteiger partial charge in [-0.25, -0.2) is 4.98 Å². The Morgan fingerprint density at radius 1 is 1.35 bits per heavy atom. The first-order valence-corrected chi connectivity index (χ1v) is 5.96. The molecule has 2 N–H and O–H groups in total. The van der Waals surface area contributed by atoms with E-state index in [0.717, 1.165) is 5.56 Å². The summed E-state index contributed by atoms with van der Waals surface area (Å²) in [5.41, 5.74) is 6.98. The summed E-state index contributed by atoms with van der Waals surface area (Å²) in [6.07, 6.45) is 1.46. The summed E-state index contributed by atoms with van der Waals surface area (Å²) in [5.74, 6) is 0.680. The number of para-hydroxylation sites is 1. The summed E-state index contributed by atoms with van der Waals surface area (Å²) < 4.78 is 6.93. The van der Waals surface area contributed by atoms with Crippen LogP contribution < -0.4 is 10.5 Å². The van der Waals surface area contributed by atoms with Crippen molar-refractivity contribution >= 4 is 0 Å². The zero-order chi connectivity index (χ0) is 14.5. The molecule has 6 heteroatoms. The minimum absolute atomic E-state index is 0.0980. The van der Waals surface area contributed by atoms with Crippen molar-refractivity contribution in [2.45, 2.75) is 6.04 Å². The highest BCUT2D eigenvalue weighted by molar-refractivity contribution is 5.41. The number of methoxy groups -OCH3 is 1. The van der Waals surface area contributed by atoms with E-state index in [-0.39, 0.29) is 24.0 Å². The number of hydrogen-bond acceptors (Lipinski definition) is 5. The lowest BCUT2D eigenvalue weighted by Crippen LogP contribution is -2.21. The number of benzene rings is 1. The lowest BCUT2D eigenvalue weighted by molar-refractivity contribution is 0.401. The second-order valence-electron chi connectivity index (χ2n) is 4.07. The van der Waals surface area contributed by atoms with E-state index in [4.69, 9.17) is 15.7 Å². The molecule has 1 aromatic heterocycles. The largest absolute Gasteiger partial charge is 0.496 e. The molecule has 0 aliphatic carbocycles. The Morgan fingerprint density at radius 3 is 2.70 bits per heavy atom. The third kappa shape index (κ3) is 2.20. The molecule has 0 radical (unpaired) electrons. The molecule has 2 aromatic rings. The Morgan fingerprint density at radius 2 is 2.10 bits per heavy atom. The Bertz CT molecular complexity index is 692. The minimum atomic E-state index is -0.310. The van der Waals surface area contributed by atoms with Crippen molar-refractivity contribution in [3.05, 3.63) is 47.5 Å². The average molecular weight is 267 g/mol. The van der Waals surface area contributed by atoms with Crippen LogP contribution in [0.25, 0.3) is 0 Å². The first-order valence-electron chi connectivity index (χ1n) is 5.96. The van der Waals surface area contributed by atoms with Crippen LogP contribution in [0.3, 0.4) is 0 Å². The van der Waals surface area contributed by atoms with Crippen LogP contribution in [0.1, 0.15) is 23.0 Å². The predicted molar refractivity (Wildman–Crippen MR) is 71.8 cm³/mol. The van der Waals surface area contributed by atoms with Gasteiger partial charge in [0.15, 0.2) is 11.4 Å². The molecule has 1 unspecified atom stereocenters. The van der Waals surface area contributed by atoms with E-state index in [1.54, 1.807) is 11.7 Å². The van der Waals surface area contributed by atoms with Crippen molar-refractivity contribution in [2.75, 3.05) is 13.7 Å². The number of nitriles is 2. The summed E-state index contributed by atoms with van der Waals surface area (Å²) in [6, 6.07) is 11.0. The second kappa shape index (κ2) is 5.87. The van der Waals surface area contributed by atoms with Gasteiger partial charge < -0.3 is 15.0 Å². The van der Waals surface area contributed by atoms with Gasteiger partial charge in [0.1, 0.15) is 17.9 Å². The quantitative estimate of drug-likeness (QED) is 0.896. The lowest BCUT2D eigenvalue weighted by atomic mass is 10.1. The molecule has 0 amide bonds. The van der Waals surface area contributed by atoms with Gasteiger partial charge in [0.05, 0.1) is 19.5 Å². The van der Waals surface area contributed by atoms with Crippen LogP contribution in [0.2, 0.25) is 0 Å². The van der Waals surface area contributed by atoms with Gasteiger partial charge in [0.2, 0.25) is 0 Å². The molecule has 1 aromatic carbocycles. The van der Waals surface area contributed by atoms with E-state index in [0.29, 0.717) is 5.75 Å². The highest BCUT2D eigenvalue weighted by atomic mass is 16.5. The zero-order valence-electron chi connectivity index (χ0n) is 10.9. The van der Waals surface area contributed by atoms with Crippen molar-refractivity contribution in [1.29, 1.82) is 10.5 Å². The first kappa shape index (κ1) is 13.6. The zero-order valence-corrected chi connectivity index (χ0v) is 10.9.